The molecule has 2 amide bonds. The molecular formula is C15H21N3O3. The molecule has 6 heteroatoms. The Bertz CT molecular complexity index is 472. The van der Waals surface area contributed by atoms with Gasteiger partial charge in [0.05, 0.1) is 12.6 Å². The molecule has 1 fully saturated rings. The fraction of sp³-hybridized carbons (Fsp3) is 0.533. The normalized spacial score (nSPS) is 17.5. The smallest absolute Gasteiger partial charge is 0.239 e. The molecule has 1 aliphatic heterocycles. The van der Waals surface area contributed by atoms with Crippen molar-refractivity contribution in [2.24, 2.45) is 0 Å². The lowest BCUT2D eigenvalue weighted by molar-refractivity contribution is -0.135. The number of pyridine rings is 1. The van der Waals surface area contributed by atoms with Gasteiger partial charge in [-0.15, -0.1) is 0 Å². The summed E-state index contributed by atoms with van der Waals surface area (Å²) in [6.45, 7) is 3.18. The van der Waals surface area contributed by atoms with Crippen LogP contribution >= 0.6 is 0 Å². The molecule has 2 heterocycles. The van der Waals surface area contributed by atoms with E-state index in [1.54, 1.807) is 12.4 Å². The fourth-order valence-electron chi connectivity index (χ4n) is 2.27. The van der Waals surface area contributed by atoms with Crippen molar-refractivity contribution >= 4 is 11.8 Å². The number of rotatable bonds is 6. The van der Waals surface area contributed by atoms with Gasteiger partial charge >= 0.3 is 0 Å². The van der Waals surface area contributed by atoms with Gasteiger partial charge in [0.2, 0.25) is 11.8 Å². The first-order valence-electron chi connectivity index (χ1n) is 7.18. The third-order valence-electron chi connectivity index (χ3n) is 3.44. The van der Waals surface area contributed by atoms with Gasteiger partial charge in [-0.05, 0) is 24.5 Å². The van der Waals surface area contributed by atoms with Crippen molar-refractivity contribution < 1.29 is 14.3 Å². The molecule has 0 aliphatic carbocycles. The van der Waals surface area contributed by atoms with Crippen LogP contribution in [0.3, 0.4) is 0 Å². The van der Waals surface area contributed by atoms with Gasteiger partial charge in [0.1, 0.15) is 0 Å². The molecule has 0 saturated carbocycles. The van der Waals surface area contributed by atoms with Crippen LogP contribution in [0.15, 0.2) is 24.5 Å². The molecule has 21 heavy (non-hydrogen) atoms. The van der Waals surface area contributed by atoms with Gasteiger partial charge in [0.25, 0.3) is 0 Å². The van der Waals surface area contributed by atoms with E-state index in [1.807, 2.05) is 12.1 Å². The van der Waals surface area contributed by atoms with Crippen molar-refractivity contribution in [1.29, 1.82) is 0 Å². The van der Waals surface area contributed by atoms with Crippen LogP contribution < -0.4 is 5.32 Å². The van der Waals surface area contributed by atoms with E-state index >= 15 is 0 Å². The van der Waals surface area contributed by atoms with Crippen LogP contribution in [0, 0.1) is 0 Å². The van der Waals surface area contributed by atoms with Crippen molar-refractivity contribution in [2.75, 3.05) is 19.7 Å². The minimum atomic E-state index is -0.174. The molecule has 0 spiro atoms. The summed E-state index contributed by atoms with van der Waals surface area (Å²) in [6.07, 6.45) is 5.41. The molecule has 114 valence electrons. The zero-order valence-corrected chi connectivity index (χ0v) is 12.2. The van der Waals surface area contributed by atoms with Crippen molar-refractivity contribution in [3.8, 4) is 0 Å². The number of aromatic nitrogens is 1. The van der Waals surface area contributed by atoms with Crippen LogP contribution in [0.1, 0.15) is 25.3 Å². The number of amides is 2. The van der Waals surface area contributed by atoms with Crippen LogP contribution in [-0.2, 0) is 20.9 Å². The Morgan fingerprint density at radius 3 is 3.00 bits per heavy atom. The second-order valence-electron chi connectivity index (χ2n) is 5.17. The van der Waals surface area contributed by atoms with Crippen molar-refractivity contribution in [3.05, 3.63) is 30.1 Å². The van der Waals surface area contributed by atoms with Crippen LogP contribution in [0.4, 0.5) is 0 Å². The Labute approximate surface area is 124 Å². The van der Waals surface area contributed by atoms with Gasteiger partial charge in [0.15, 0.2) is 0 Å². The molecule has 0 radical (unpaired) electrons. The maximum Gasteiger partial charge on any atom is 0.239 e. The molecule has 1 saturated heterocycles. The minimum Gasteiger partial charge on any atom is -0.376 e. The maximum absolute atomic E-state index is 11.9. The van der Waals surface area contributed by atoms with E-state index in [0.29, 0.717) is 13.1 Å². The topological polar surface area (TPSA) is 71.5 Å². The van der Waals surface area contributed by atoms with Gasteiger partial charge in [-0.25, -0.2) is 0 Å². The van der Waals surface area contributed by atoms with Gasteiger partial charge in [0, 0.05) is 39.0 Å². The summed E-state index contributed by atoms with van der Waals surface area (Å²) in [5, 5.41) is 2.80. The van der Waals surface area contributed by atoms with Crippen LogP contribution in [0.5, 0.6) is 0 Å². The Hall–Kier alpha value is -1.95. The monoisotopic (exact) mass is 291 g/mol. The zero-order chi connectivity index (χ0) is 15.1. The van der Waals surface area contributed by atoms with E-state index in [2.05, 4.69) is 10.3 Å². The molecular weight excluding hydrogens is 270 g/mol. The van der Waals surface area contributed by atoms with Gasteiger partial charge < -0.3 is 15.0 Å². The minimum absolute atomic E-state index is 0.0556. The SMILES string of the molecule is CC(=O)N(CC(=O)NCc1cccnc1)CC1CCCO1. The van der Waals surface area contributed by atoms with Crippen LogP contribution in [0.2, 0.25) is 0 Å². The van der Waals surface area contributed by atoms with E-state index in [1.165, 1.54) is 11.8 Å². The Morgan fingerprint density at radius 1 is 1.52 bits per heavy atom. The number of nitrogens with zero attached hydrogens (tertiary/aromatic N) is 2. The van der Waals surface area contributed by atoms with E-state index < -0.39 is 0 Å². The molecule has 0 bridgehead atoms. The van der Waals surface area contributed by atoms with E-state index in [0.717, 1.165) is 25.0 Å². The van der Waals surface area contributed by atoms with E-state index in [4.69, 9.17) is 4.74 Å². The second-order valence-corrected chi connectivity index (χ2v) is 5.17. The van der Waals surface area contributed by atoms with Gasteiger partial charge in [-0.2, -0.15) is 0 Å². The quantitative estimate of drug-likeness (QED) is 0.838. The lowest BCUT2D eigenvalue weighted by Crippen LogP contribution is -2.43. The zero-order valence-electron chi connectivity index (χ0n) is 12.2. The predicted octanol–water partition coefficient (Wildman–Crippen LogP) is 0.725. The molecule has 1 atom stereocenters. The summed E-state index contributed by atoms with van der Waals surface area (Å²) < 4.78 is 5.51. The van der Waals surface area contributed by atoms with Gasteiger partial charge in [-0.3, -0.25) is 14.6 Å². The third kappa shape index (κ3) is 5.15. The maximum atomic E-state index is 11.9. The Kier molecular flexibility index (Phi) is 5.68. The third-order valence-corrected chi connectivity index (χ3v) is 3.44. The number of ether oxygens (including phenoxy) is 1. The summed E-state index contributed by atoms with van der Waals surface area (Å²) in [7, 11) is 0. The number of carbonyl (C=O) groups excluding carboxylic acids is 2. The standard InChI is InChI=1S/C15H21N3O3/c1-12(19)18(10-14-5-3-7-21-14)11-15(20)17-9-13-4-2-6-16-8-13/h2,4,6,8,14H,3,5,7,9-11H2,1H3,(H,17,20). The highest BCUT2D eigenvalue weighted by molar-refractivity contribution is 5.83. The average molecular weight is 291 g/mol. The summed E-state index contributed by atoms with van der Waals surface area (Å²) in [5.74, 6) is -0.283. The lowest BCUT2D eigenvalue weighted by atomic mass is 10.2. The molecule has 1 aromatic rings. The molecule has 0 aromatic carbocycles. The van der Waals surface area contributed by atoms with Crippen molar-refractivity contribution in [3.63, 3.8) is 0 Å². The summed E-state index contributed by atoms with van der Waals surface area (Å²) in [5.41, 5.74) is 0.930. The Balaban J connectivity index is 1.79. The summed E-state index contributed by atoms with van der Waals surface area (Å²) in [6, 6.07) is 3.71. The number of hydrogen-bond acceptors (Lipinski definition) is 4. The fourth-order valence-corrected chi connectivity index (χ4v) is 2.27. The first kappa shape index (κ1) is 15.4. The summed E-state index contributed by atoms with van der Waals surface area (Å²) >= 11 is 0. The van der Waals surface area contributed by atoms with E-state index in [-0.39, 0.29) is 24.5 Å². The van der Waals surface area contributed by atoms with Gasteiger partial charge in [-0.1, -0.05) is 6.07 Å². The van der Waals surface area contributed by atoms with Crippen LogP contribution in [0.25, 0.3) is 0 Å². The first-order chi connectivity index (χ1) is 10.1. The predicted molar refractivity (Wildman–Crippen MR) is 77.3 cm³/mol. The number of nitrogens with one attached hydrogen (secondary N) is 1. The molecule has 1 N–H and O–H groups in total. The van der Waals surface area contributed by atoms with Crippen molar-refractivity contribution in [2.45, 2.75) is 32.4 Å². The number of carbonyl (C=O) groups is 2. The second kappa shape index (κ2) is 7.73. The summed E-state index contributed by atoms with van der Waals surface area (Å²) in [4.78, 5) is 29.1. The lowest BCUT2D eigenvalue weighted by Gasteiger charge is -2.23. The average Bonchev–Trinajstić information content (AvgIpc) is 2.98. The van der Waals surface area contributed by atoms with Crippen LogP contribution in [-0.4, -0.2) is 47.5 Å². The largest absolute Gasteiger partial charge is 0.376 e. The molecule has 1 aliphatic rings. The Morgan fingerprint density at radius 2 is 2.38 bits per heavy atom. The van der Waals surface area contributed by atoms with Crippen molar-refractivity contribution in [1.82, 2.24) is 15.2 Å². The molecule has 1 unspecified atom stereocenters. The molecule has 6 nitrogen and oxygen atoms in total. The first-order valence-corrected chi connectivity index (χ1v) is 7.18. The highest BCUT2D eigenvalue weighted by Gasteiger charge is 2.22. The number of hydrogen-bond donors (Lipinski definition) is 1. The highest BCUT2D eigenvalue weighted by Crippen LogP contribution is 2.13. The van der Waals surface area contributed by atoms with E-state index in [9.17, 15) is 9.59 Å². The molecule has 2 rings (SSSR count). The molecule has 1 aromatic heterocycles. The highest BCUT2D eigenvalue weighted by atomic mass is 16.5.